The molecule has 0 unspecified atom stereocenters. The molecule has 1 aromatic heterocycles. The van der Waals surface area contributed by atoms with E-state index in [1.54, 1.807) is 19.1 Å². The van der Waals surface area contributed by atoms with Gasteiger partial charge in [0, 0.05) is 14.2 Å². The van der Waals surface area contributed by atoms with Gasteiger partial charge in [-0.25, -0.2) is 9.78 Å². The van der Waals surface area contributed by atoms with Crippen LogP contribution in [0.4, 0.5) is 0 Å². The van der Waals surface area contributed by atoms with Crippen LogP contribution in [0.3, 0.4) is 0 Å². The minimum absolute atomic E-state index is 0.164. The number of halogens is 2. The lowest BCUT2D eigenvalue weighted by molar-refractivity contribution is 0.0520. The van der Waals surface area contributed by atoms with Gasteiger partial charge in [0.1, 0.15) is 0 Å². The summed E-state index contributed by atoms with van der Waals surface area (Å²) in [4.78, 5) is 15.6. The van der Waals surface area contributed by atoms with E-state index in [0.717, 1.165) is 9.13 Å². The fraction of sp³-hybridized carbons (Fsp3) is 0.167. The summed E-state index contributed by atoms with van der Waals surface area (Å²) in [5.41, 5.74) is 0.890. The summed E-state index contributed by atoms with van der Waals surface area (Å²) in [5.74, 6) is -0.127. The second kappa shape index (κ2) is 5.71. The average Bonchev–Trinajstić information content (AvgIpc) is 2.81. The molecule has 94 valence electrons. The van der Waals surface area contributed by atoms with Crippen LogP contribution in [0.15, 0.2) is 29.0 Å². The fourth-order valence-corrected chi connectivity index (χ4v) is 2.21. The topological polar surface area (TPSA) is 52.3 Å². The molecule has 0 N–H and O–H groups in total. The normalized spacial score (nSPS) is 10.4. The van der Waals surface area contributed by atoms with Crippen LogP contribution in [0, 0.1) is 3.57 Å². The van der Waals surface area contributed by atoms with Crippen molar-refractivity contribution in [2.45, 2.75) is 6.92 Å². The highest BCUT2D eigenvalue weighted by Crippen LogP contribution is 2.30. The maximum absolute atomic E-state index is 11.7. The predicted molar refractivity (Wildman–Crippen MR) is 75.6 cm³/mol. The molecule has 0 bridgehead atoms. The van der Waals surface area contributed by atoms with Crippen LogP contribution >= 0.6 is 34.2 Å². The first-order valence-corrected chi connectivity index (χ1v) is 6.65. The molecule has 0 radical (unpaired) electrons. The van der Waals surface area contributed by atoms with Gasteiger partial charge in [0.05, 0.1) is 6.61 Å². The lowest BCUT2D eigenvalue weighted by Gasteiger charge is -2.04. The fourth-order valence-electron chi connectivity index (χ4n) is 1.45. The van der Waals surface area contributed by atoms with Crippen LogP contribution < -0.4 is 0 Å². The van der Waals surface area contributed by atoms with Crippen molar-refractivity contribution in [1.29, 1.82) is 0 Å². The van der Waals surface area contributed by atoms with Crippen LogP contribution in [0.2, 0.25) is 5.02 Å². The summed E-state index contributed by atoms with van der Waals surface area (Å²) in [6.45, 7) is 2.03. The second-order valence-corrected chi connectivity index (χ2v) is 4.97. The highest BCUT2D eigenvalue weighted by molar-refractivity contribution is 14.1. The molecule has 0 aliphatic heterocycles. The number of esters is 1. The molecule has 6 heteroatoms. The number of carbonyl (C=O) groups is 1. The van der Waals surface area contributed by atoms with E-state index in [0.29, 0.717) is 10.8 Å². The number of nitrogens with zero attached hydrogens (tertiary/aromatic N) is 1. The lowest BCUT2D eigenvalue weighted by Crippen LogP contribution is -2.06. The van der Waals surface area contributed by atoms with E-state index in [-0.39, 0.29) is 12.3 Å². The maximum Gasteiger partial charge on any atom is 0.360 e. The number of benzene rings is 1. The zero-order valence-electron chi connectivity index (χ0n) is 9.44. The molecule has 0 saturated heterocycles. The number of ether oxygens (including phenoxy) is 1. The number of oxazole rings is 1. The first kappa shape index (κ1) is 13.4. The zero-order valence-corrected chi connectivity index (χ0v) is 12.4. The molecule has 0 atom stereocenters. The van der Waals surface area contributed by atoms with Crippen molar-refractivity contribution in [2.24, 2.45) is 0 Å². The molecule has 2 rings (SSSR count). The highest BCUT2D eigenvalue weighted by Gasteiger charge is 2.21. The first-order chi connectivity index (χ1) is 8.63. The Kier molecular flexibility index (Phi) is 4.23. The number of rotatable bonds is 3. The van der Waals surface area contributed by atoms with Crippen molar-refractivity contribution in [3.05, 3.63) is 38.9 Å². The lowest BCUT2D eigenvalue weighted by atomic mass is 10.1. The molecule has 1 heterocycles. The molecular formula is C12H9ClINO3. The van der Waals surface area contributed by atoms with Gasteiger partial charge in [-0.2, -0.15) is 0 Å². The van der Waals surface area contributed by atoms with Crippen molar-refractivity contribution in [3.63, 3.8) is 0 Å². The highest BCUT2D eigenvalue weighted by atomic mass is 127. The molecule has 0 amide bonds. The third kappa shape index (κ3) is 2.67. The van der Waals surface area contributed by atoms with Crippen molar-refractivity contribution >= 4 is 40.2 Å². The van der Waals surface area contributed by atoms with Crippen LogP contribution in [0.25, 0.3) is 11.3 Å². The minimum Gasteiger partial charge on any atom is -0.461 e. The van der Waals surface area contributed by atoms with Crippen LogP contribution in [0.1, 0.15) is 17.4 Å². The predicted octanol–water partition coefficient (Wildman–Crippen LogP) is 3.78. The summed E-state index contributed by atoms with van der Waals surface area (Å²) in [6.07, 6.45) is 1.22. The zero-order chi connectivity index (χ0) is 13.1. The Hall–Kier alpha value is -1.08. The largest absolute Gasteiger partial charge is 0.461 e. The van der Waals surface area contributed by atoms with Crippen molar-refractivity contribution in [1.82, 2.24) is 4.98 Å². The summed E-state index contributed by atoms with van der Waals surface area (Å²) in [5, 5.41) is 0.566. The molecule has 1 aromatic carbocycles. The summed E-state index contributed by atoms with van der Waals surface area (Å²) < 4.78 is 11.1. The van der Waals surface area contributed by atoms with E-state index in [9.17, 15) is 4.79 Å². The molecule has 18 heavy (non-hydrogen) atoms. The van der Waals surface area contributed by atoms with Gasteiger partial charge in [0.25, 0.3) is 0 Å². The van der Waals surface area contributed by atoms with Gasteiger partial charge in [0.15, 0.2) is 17.8 Å². The van der Waals surface area contributed by atoms with Gasteiger partial charge < -0.3 is 9.15 Å². The second-order valence-electron chi connectivity index (χ2n) is 3.37. The van der Waals surface area contributed by atoms with Crippen molar-refractivity contribution in [3.8, 4) is 11.3 Å². The Bertz CT molecular complexity index is 582. The molecule has 0 spiro atoms. The van der Waals surface area contributed by atoms with Crippen molar-refractivity contribution in [2.75, 3.05) is 6.61 Å². The van der Waals surface area contributed by atoms with E-state index in [1.165, 1.54) is 6.39 Å². The van der Waals surface area contributed by atoms with E-state index >= 15 is 0 Å². The Morgan fingerprint density at radius 1 is 1.56 bits per heavy atom. The van der Waals surface area contributed by atoms with Crippen LogP contribution in [-0.4, -0.2) is 17.6 Å². The molecule has 2 aromatic rings. The Morgan fingerprint density at radius 2 is 2.33 bits per heavy atom. The molecular weight excluding hydrogens is 368 g/mol. The van der Waals surface area contributed by atoms with Gasteiger partial charge in [-0.3, -0.25) is 0 Å². The molecule has 0 aliphatic rings. The maximum atomic E-state index is 11.7. The quantitative estimate of drug-likeness (QED) is 0.603. The monoisotopic (exact) mass is 377 g/mol. The van der Waals surface area contributed by atoms with Gasteiger partial charge in [-0.15, -0.1) is 0 Å². The SMILES string of the molecule is CCOC(=O)c1ncoc1-c1cc(Cl)ccc1I. The van der Waals surface area contributed by atoms with E-state index in [2.05, 4.69) is 27.6 Å². The van der Waals surface area contributed by atoms with E-state index in [1.807, 2.05) is 6.07 Å². The summed E-state index contributed by atoms with van der Waals surface area (Å²) >= 11 is 8.09. The van der Waals surface area contributed by atoms with Crippen LogP contribution in [0.5, 0.6) is 0 Å². The molecule has 0 fully saturated rings. The van der Waals surface area contributed by atoms with Gasteiger partial charge in [-0.05, 0) is 47.7 Å². The standard InChI is InChI=1S/C12H9ClINO3/c1-2-17-12(16)10-11(18-6-15-10)8-5-7(13)3-4-9(8)14/h3-6H,2H2,1H3. The number of hydrogen-bond donors (Lipinski definition) is 0. The van der Waals surface area contributed by atoms with Gasteiger partial charge in [-0.1, -0.05) is 11.6 Å². The van der Waals surface area contributed by atoms with Gasteiger partial charge >= 0.3 is 5.97 Å². The number of hydrogen-bond acceptors (Lipinski definition) is 4. The Labute approximate surface area is 122 Å². The molecule has 0 aliphatic carbocycles. The van der Waals surface area contributed by atoms with Gasteiger partial charge in [0.2, 0.25) is 0 Å². The summed E-state index contributed by atoms with van der Waals surface area (Å²) in [7, 11) is 0. The number of aromatic nitrogens is 1. The minimum atomic E-state index is -0.503. The van der Waals surface area contributed by atoms with Crippen LogP contribution in [-0.2, 0) is 4.74 Å². The molecule has 4 nitrogen and oxygen atoms in total. The third-order valence-electron chi connectivity index (χ3n) is 2.21. The average molecular weight is 378 g/mol. The number of carbonyl (C=O) groups excluding carboxylic acids is 1. The Balaban J connectivity index is 2.48. The Morgan fingerprint density at radius 3 is 3.06 bits per heavy atom. The van der Waals surface area contributed by atoms with Crippen molar-refractivity contribution < 1.29 is 13.9 Å². The summed E-state index contributed by atoms with van der Waals surface area (Å²) in [6, 6.07) is 5.34. The smallest absolute Gasteiger partial charge is 0.360 e. The first-order valence-electron chi connectivity index (χ1n) is 5.19. The third-order valence-corrected chi connectivity index (χ3v) is 3.39. The van der Waals surface area contributed by atoms with E-state index in [4.69, 9.17) is 20.8 Å². The molecule has 0 saturated carbocycles. The van der Waals surface area contributed by atoms with E-state index < -0.39 is 5.97 Å².